The van der Waals surface area contributed by atoms with Crippen LogP contribution in [-0.4, -0.2) is 10.1 Å². The topological polar surface area (TPSA) is 119 Å². The average molecular weight is 427 g/mol. The van der Waals surface area contributed by atoms with Gasteiger partial charge in [0.15, 0.2) is 17.1 Å². The van der Waals surface area contributed by atoms with E-state index in [0.29, 0.717) is 16.7 Å². The number of rotatable bonds is 4. The Bertz CT molecular complexity index is 1000. The molecule has 0 aliphatic rings. The van der Waals surface area contributed by atoms with Crippen molar-refractivity contribution in [2.75, 3.05) is 0 Å². The Labute approximate surface area is 232 Å². The second kappa shape index (κ2) is 9.88. The van der Waals surface area contributed by atoms with Gasteiger partial charge in [0.2, 0.25) is 5.89 Å². The summed E-state index contributed by atoms with van der Waals surface area (Å²) in [6.07, 6.45) is 1.47. The molecule has 26 heavy (non-hydrogen) atoms. The molecule has 0 aliphatic carbocycles. The van der Waals surface area contributed by atoms with Crippen molar-refractivity contribution in [2.24, 2.45) is 0 Å². The van der Waals surface area contributed by atoms with Crippen molar-refractivity contribution in [1.82, 2.24) is 4.98 Å². The second-order valence-corrected chi connectivity index (χ2v) is 5.87. The molecule has 11 heteroatoms. The summed E-state index contributed by atoms with van der Waals surface area (Å²) < 4.78 is 34.0. The smallest absolute Gasteiger partial charge is 0.780 e. The number of hydrogen-bond acceptors (Lipinski definition) is 7. The number of aromatic nitrogens is 1. The molecule has 1 aromatic heterocycles. The van der Waals surface area contributed by atoms with Crippen molar-refractivity contribution in [3.8, 4) is 23.0 Å². The van der Waals surface area contributed by atoms with Crippen LogP contribution < -0.4 is 117 Å². The molecule has 0 saturated heterocycles. The van der Waals surface area contributed by atoms with E-state index in [0.717, 1.165) is 12.1 Å². The van der Waals surface area contributed by atoms with E-state index in [4.69, 9.17) is 4.42 Å². The number of phenols is 1. The quantitative estimate of drug-likeness (QED) is 0.335. The van der Waals surface area contributed by atoms with Gasteiger partial charge in [-0.1, -0.05) is 12.7 Å². The summed E-state index contributed by atoms with van der Waals surface area (Å²) in [6.45, 7) is 3.60. The summed E-state index contributed by atoms with van der Waals surface area (Å²) in [4.78, 5) is 25.2. The fourth-order valence-corrected chi connectivity index (χ4v) is 2.54. The van der Waals surface area contributed by atoms with Crippen LogP contribution in [0.5, 0.6) is 11.5 Å². The van der Waals surface area contributed by atoms with Gasteiger partial charge in [0.25, 0.3) is 0 Å². The van der Waals surface area contributed by atoms with Gasteiger partial charge in [-0.2, -0.15) is 0 Å². The Morgan fingerprint density at radius 2 is 1.96 bits per heavy atom. The summed E-state index contributed by atoms with van der Waals surface area (Å²) in [5, 5.41) is 9.62. The monoisotopic (exact) mass is 427 g/mol. The van der Waals surface area contributed by atoms with Gasteiger partial charge in [-0.3, -0.25) is 0 Å². The molecule has 0 fully saturated rings. The Morgan fingerprint density at radius 3 is 2.54 bits per heavy atom. The predicted molar refractivity (Wildman–Crippen MR) is 79.4 cm³/mol. The van der Waals surface area contributed by atoms with Crippen LogP contribution in [0.3, 0.4) is 0 Å². The molecule has 0 spiro atoms. The molecule has 0 radical (unpaired) electrons. The maximum Gasteiger partial charge on any atom is 1.00 e. The molecular weight excluding hydrogens is 418 g/mol. The molecule has 0 atom stereocenters. The molecule has 124 valence electrons. The van der Waals surface area contributed by atoms with Crippen LogP contribution in [0.25, 0.3) is 28.6 Å². The first kappa shape index (κ1) is 24.6. The van der Waals surface area contributed by atoms with Gasteiger partial charge in [-0.15, -0.1) is 0 Å². The van der Waals surface area contributed by atoms with Gasteiger partial charge in [0.1, 0.15) is 19.1 Å². The number of phosphoric ester groups is 1. The Morgan fingerprint density at radius 1 is 1.27 bits per heavy atom. The molecule has 0 amide bonds. The van der Waals surface area contributed by atoms with Crippen molar-refractivity contribution in [3.05, 3.63) is 48.3 Å². The zero-order valence-electron chi connectivity index (χ0n) is 13.9. The third kappa shape index (κ3) is 5.80. The predicted octanol–water partition coefficient (Wildman–Crippen LogP) is -3.80. The molecule has 2 aromatic carbocycles. The van der Waals surface area contributed by atoms with Crippen LogP contribution in [0.1, 0.15) is 5.56 Å². The Balaban J connectivity index is 0.00000169. The largest absolute Gasteiger partial charge is 1.00 e. The molecule has 1 heterocycles. The molecular formula is C15H9FK2NO6P. The van der Waals surface area contributed by atoms with Crippen LogP contribution in [0.2, 0.25) is 0 Å². The number of phenolic OH excluding ortho intramolecular Hbond substituents is 1. The summed E-state index contributed by atoms with van der Waals surface area (Å²) in [5.41, 5.74) is 1.38. The molecule has 0 aliphatic heterocycles. The van der Waals surface area contributed by atoms with Crippen LogP contribution in [0.15, 0.2) is 41.3 Å². The maximum atomic E-state index is 13.9. The molecule has 0 unspecified atom stereocenters. The SMILES string of the molecule is C=Cc1cc(O)cc2nc(-c3ccc(OP(=O)([O-])[O-])c(F)c3)oc12.[K+].[K+]. The maximum absolute atomic E-state index is 13.9. The van der Waals surface area contributed by atoms with Gasteiger partial charge < -0.3 is 28.4 Å². The van der Waals surface area contributed by atoms with Crippen LogP contribution in [0.4, 0.5) is 4.39 Å². The summed E-state index contributed by atoms with van der Waals surface area (Å²) in [5.74, 6) is -1.77. The third-order valence-corrected chi connectivity index (χ3v) is 3.53. The minimum atomic E-state index is -5.36. The Hall–Kier alpha value is 0.603. The third-order valence-electron chi connectivity index (χ3n) is 3.11. The first-order valence-electron chi connectivity index (χ1n) is 6.54. The van der Waals surface area contributed by atoms with Crippen molar-refractivity contribution in [3.63, 3.8) is 0 Å². The summed E-state index contributed by atoms with van der Waals surface area (Å²) in [6, 6.07) is 5.99. The fraction of sp³-hybridized carbons (Fsp3) is 0. The van der Waals surface area contributed by atoms with E-state index < -0.39 is 19.4 Å². The number of nitrogens with zero attached hydrogens (tertiary/aromatic N) is 1. The number of aromatic hydroxyl groups is 1. The molecule has 0 bridgehead atoms. The molecule has 3 rings (SSSR count). The van der Waals surface area contributed by atoms with Gasteiger partial charge in [-0.05, 0) is 24.3 Å². The molecule has 0 saturated carbocycles. The van der Waals surface area contributed by atoms with Gasteiger partial charge in [-0.25, -0.2) is 9.37 Å². The van der Waals surface area contributed by atoms with Crippen LogP contribution in [0, 0.1) is 5.82 Å². The van der Waals surface area contributed by atoms with Crippen LogP contribution in [-0.2, 0) is 4.57 Å². The first-order chi connectivity index (χ1) is 11.3. The van der Waals surface area contributed by atoms with Crippen molar-refractivity contribution in [2.45, 2.75) is 0 Å². The van der Waals surface area contributed by atoms with E-state index in [1.807, 2.05) is 0 Å². The van der Waals surface area contributed by atoms with Crippen molar-refractivity contribution < 1.29 is 136 Å². The number of halogens is 1. The number of hydrogen-bond donors (Lipinski definition) is 1. The molecule has 3 aromatic rings. The average Bonchev–Trinajstić information content (AvgIpc) is 2.90. The van der Waals surface area contributed by atoms with E-state index in [1.54, 1.807) is 0 Å². The van der Waals surface area contributed by atoms with Crippen molar-refractivity contribution in [1.29, 1.82) is 0 Å². The number of oxazole rings is 1. The zero-order chi connectivity index (χ0) is 17.5. The minimum absolute atomic E-state index is 0. The minimum Gasteiger partial charge on any atom is -0.780 e. The van der Waals surface area contributed by atoms with Gasteiger partial charge in [0.05, 0.1) is 0 Å². The van der Waals surface area contributed by atoms with Gasteiger partial charge >= 0.3 is 103 Å². The fourth-order valence-electron chi connectivity index (χ4n) is 2.15. The summed E-state index contributed by atoms with van der Waals surface area (Å²) in [7, 11) is -5.36. The Kier molecular flexibility index (Phi) is 9.36. The summed E-state index contributed by atoms with van der Waals surface area (Å²) >= 11 is 0. The number of benzene rings is 2. The van der Waals surface area contributed by atoms with E-state index in [9.17, 15) is 23.8 Å². The van der Waals surface area contributed by atoms with E-state index in [2.05, 4.69) is 16.1 Å². The molecule has 1 N–H and O–H groups in total. The normalized spacial score (nSPS) is 10.7. The zero-order valence-corrected chi connectivity index (χ0v) is 21.1. The van der Waals surface area contributed by atoms with E-state index in [1.165, 1.54) is 24.3 Å². The van der Waals surface area contributed by atoms with E-state index in [-0.39, 0.29) is 120 Å². The second-order valence-electron chi connectivity index (χ2n) is 4.79. The molecule has 7 nitrogen and oxygen atoms in total. The van der Waals surface area contributed by atoms with Crippen LogP contribution >= 0.6 is 7.82 Å². The van der Waals surface area contributed by atoms with Crippen molar-refractivity contribution >= 4 is 25.0 Å². The van der Waals surface area contributed by atoms with Gasteiger partial charge in [0, 0.05) is 17.2 Å². The number of phosphoric acid groups is 1. The standard InChI is InChI=1S/C15H11FNO6P.2K/c1-2-8-5-10(18)7-12-14(8)22-15(17-12)9-3-4-13(11(16)6-9)23-24(19,20)21;;/h2-7,18H,1H2,(H2,19,20,21);;/q;2*+1/p-2. The number of fused-ring (bicyclic) bond motifs is 1. The van der Waals surface area contributed by atoms with E-state index >= 15 is 0 Å². The first-order valence-corrected chi connectivity index (χ1v) is 8.00.